The second-order valence-electron chi connectivity index (χ2n) is 5.26. The van der Waals surface area contributed by atoms with Crippen molar-refractivity contribution in [3.8, 4) is 0 Å². The number of carbonyl (C=O) groups is 2. The van der Waals surface area contributed by atoms with Crippen LogP contribution in [-0.4, -0.2) is 33.6 Å². The van der Waals surface area contributed by atoms with Gasteiger partial charge in [-0.25, -0.2) is 14.6 Å². The molecule has 1 aliphatic rings. The van der Waals surface area contributed by atoms with E-state index in [9.17, 15) is 9.59 Å². The maximum atomic E-state index is 12.3. The van der Waals surface area contributed by atoms with Gasteiger partial charge in [0, 0.05) is 6.54 Å². The van der Waals surface area contributed by atoms with Crippen LogP contribution >= 0.6 is 0 Å². The van der Waals surface area contributed by atoms with Gasteiger partial charge < -0.3 is 14.3 Å². The SMILES string of the molecule is O=C(O)c1ncoc1[C@H]1CCCN1C(=O)OCc1ccccc1. The first-order chi connectivity index (χ1) is 11.2. The average molecular weight is 316 g/mol. The van der Waals surface area contributed by atoms with Gasteiger partial charge >= 0.3 is 12.1 Å². The molecule has 0 aliphatic carbocycles. The highest BCUT2D eigenvalue weighted by Crippen LogP contribution is 2.34. The van der Waals surface area contributed by atoms with Gasteiger partial charge in [-0.05, 0) is 18.4 Å². The lowest BCUT2D eigenvalue weighted by Crippen LogP contribution is -2.31. The molecule has 2 heterocycles. The van der Waals surface area contributed by atoms with E-state index in [-0.39, 0.29) is 18.1 Å². The van der Waals surface area contributed by atoms with E-state index in [1.165, 1.54) is 4.90 Å². The van der Waals surface area contributed by atoms with E-state index in [0.717, 1.165) is 18.4 Å². The molecule has 1 atom stereocenters. The number of nitrogens with zero attached hydrogens (tertiary/aromatic N) is 2. The van der Waals surface area contributed by atoms with Gasteiger partial charge in [-0.15, -0.1) is 0 Å². The van der Waals surface area contributed by atoms with Crippen LogP contribution in [0, 0.1) is 0 Å². The minimum atomic E-state index is -1.17. The maximum absolute atomic E-state index is 12.3. The molecule has 0 spiro atoms. The number of likely N-dealkylation sites (tertiary alicyclic amines) is 1. The van der Waals surface area contributed by atoms with Gasteiger partial charge in [0.05, 0.1) is 6.04 Å². The van der Waals surface area contributed by atoms with Crippen LogP contribution in [0.15, 0.2) is 41.1 Å². The summed E-state index contributed by atoms with van der Waals surface area (Å²) in [5.74, 6) is -0.968. The number of oxazole rings is 1. The molecule has 1 N–H and O–H groups in total. The Labute approximate surface area is 132 Å². The topological polar surface area (TPSA) is 92.9 Å². The first-order valence-corrected chi connectivity index (χ1v) is 7.31. The summed E-state index contributed by atoms with van der Waals surface area (Å²) in [7, 11) is 0. The van der Waals surface area contributed by atoms with Crippen LogP contribution in [0.3, 0.4) is 0 Å². The number of rotatable bonds is 4. The third-order valence-electron chi connectivity index (χ3n) is 3.79. The number of aromatic carboxylic acids is 1. The van der Waals surface area contributed by atoms with Gasteiger partial charge in [0.1, 0.15) is 6.61 Å². The molecule has 1 fully saturated rings. The molecule has 1 aromatic heterocycles. The summed E-state index contributed by atoms with van der Waals surface area (Å²) in [6.07, 6.45) is 1.98. The van der Waals surface area contributed by atoms with Gasteiger partial charge in [-0.1, -0.05) is 30.3 Å². The zero-order chi connectivity index (χ0) is 16.2. The van der Waals surface area contributed by atoms with Crippen molar-refractivity contribution < 1.29 is 23.8 Å². The van der Waals surface area contributed by atoms with Crippen molar-refractivity contribution in [2.24, 2.45) is 0 Å². The number of carbonyl (C=O) groups excluding carboxylic acids is 1. The van der Waals surface area contributed by atoms with E-state index in [4.69, 9.17) is 14.3 Å². The Hall–Kier alpha value is -2.83. The normalized spacial score (nSPS) is 17.2. The second-order valence-corrected chi connectivity index (χ2v) is 5.26. The Morgan fingerprint density at radius 3 is 2.87 bits per heavy atom. The minimum Gasteiger partial charge on any atom is -0.476 e. The third-order valence-corrected chi connectivity index (χ3v) is 3.79. The first-order valence-electron chi connectivity index (χ1n) is 7.31. The molecule has 0 saturated carbocycles. The number of aromatic nitrogens is 1. The van der Waals surface area contributed by atoms with Crippen LogP contribution < -0.4 is 0 Å². The smallest absolute Gasteiger partial charge is 0.410 e. The summed E-state index contributed by atoms with van der Waals surface area (Å²) in [5.41, 5.74) is 0.736. The molecule has 23 heavy (non-hydrogen) atoms. The number of benzene rings is 1. The summed E-state index contributed by atoms with van der Waals surface area (Å²) in [4.78, 5) is 28.7. The van der Waals surface area contributed by atoms with Crippen molar-refractivity contribution in [1.82, 2.24) is 9.88 Å². The van der Waals surface area contributed by atoms with Crippen LogP contribution in [0.5, 0.6) is 0 Å². The van der Waals surface area contributed by atoms with E-state index in [0.29, 0.717) is 13.0 Å². The number of carboxylic acids is 1. The van der Waals surface area contributed by atoms with Crippen molar-refractivity contribution in [2.75, 3.05) is 6.54 Å². The molecule has 1 aliphatic heterocycles. The second kappa shape index (κ2) is 6.51. The molecule has 0 unspecified atom stereocenters. The summed E-state index contributed by atoms with van der Waals surface area (Å²) in [6.45, 7) is 0.670. The fourth-order valence-electron chi connectivity index (χ4n) is 2.71. The van der Waals surface area contributed by atoms with Crippen LogP contribution in [0.1, 0.15) is 40.7 Å². The lowest BCUT2D eigenvalue weighted by molar-refractivity contribution is 0.0677. The molecule has 1 aromatic carbocycles. The Morgan fingerprint density at radius 2 is 2.13 bits per heavy atom. The molecule has 0 radical (unpaired) electrons. The minimum absolute atomic E-state index is 0.155. The molecular formula is C16H16N2O5. The van der Waals surface area contributed by atoms with E-state index in [1.807, 2.05) is 30.3 Å². The quantitative estimate of drug-likeness (QED) is 0.932. The molecular weight excluding hydrogens is 300 g/mol. The zero-order valence-corrected chi connectivity index (χ0v) is 12.3. The molecule has 2 aromatic rings. The van der Waals surface area contributed by atoms with Crippen molar-refractivity contribution in [3.05, 3.63) is 53.7 Å². The number of carboxylic acid groups (broad SMARTS) is 1. The van der Waals surface area contributed by atoms with Gasteiger partial charge in [0.2, 0.25) is 0 Å². The van der Waals surface area contributed by atoms with Crippen LogP contribution in [-0.2, 0) is 11.3 Å². The molecule has 0 bridgehead atoms. The lowest BCUT2D eigenvalue weighted by Gasteiger charge is -2.22. The van der Waals surface area contributed by atoms with Gasteiger partial charge in [-0.3, -0.25) is 4.90 Å². The Bertz CT molecular complexity index is 698. The fourth-order valence-corrected chi connectivity index (χ4v) is 2.71. The van der Waals surface area contributed by atoms with Crippen molar-refractivity contribution in [3.63, 3.8) is 0 Å². The Kier molecular flexibility index (Phi) is 4.27. The van der Waals surface area contributed by atoms with E-state index in [1.54, 1.807) is 0 Å². The van der Waals surface area contributed by atoms with E-state index >= 15 is 0 Å². The van der Waals surface area contributed by atoms with Crippen LogP contribution in [0.25, 0.3) is 0 Å². The standard InChI is InChI=1S/C16H16N2O5/c19-15(20)13-14(23-10-17-13)12-7-4-8-18(12)16(21)22-9-11-5-2-1-3-6-11/h1-3,5-6,10,12H,4,7-9H2,(H,19,20)/t12-/m1/s1. The first kappa shape index (κ1) is 15.1. The summed E-state index contributed by atoms with van der Waals surface area (Å²) in [5, 5.41) is 9.13. The van der Waals surface area contributed by atoms with Gasteiger partial charge in [-0.2, -0.15) is 0 Å². The number of hydrogen-bond donors (Lipinski definition) is 1. The molecule has 3 rings (SSSR count). The molecule has 7 heteroatoms. The summed E-state index contributed by atoms with van der Waals surface area (Å²) >= 11 is 0. The average Bonchev–Trinajstić information content (AvgIpc) is 3.21. The van der Waals surface area contributed by atoms with Crippen molar-refractivity contribution in [1.29, 1.82) is 0 Å². The zero-order valence-electron chi connectivity index (χ0n) is 12.3. The van der Waals surface area contributed by atoms with Crippen molar-refractivity contribution >= 4 is 12.1 Å². The highest BCUT2D eigenvalue weighted by Gasteiger charge is 2.36. The summed E-state index contributed by atoms with van der Waals surface area (Å²) < 4.78 is 10.5. The lowest BCUT2D eigenvalue weighted by atomic mass is 10.1. The number of ether oxygens (including phenoxy) is 1. The fraction of sp³-hybridized carbons (Fsp3) is 0.312. The summed E-state index contributed by atoms with van der Waals surface area (Å²) in [6, 6.07) is 8.91. The highest BCUT2D eigenvalue weighted by molar-refractivity contribution is 5.86. The largest absolute Gasteiger partial charge is 0.476 e. The molecule has 1 saturated heterocycles. The van der Waals surface area contributed by atoms with Crippen LogP contribution in [0.4, 0.5) is 4.79 Å². The Morgan fingerprint density at radius 1 is 1.35 bits per heavy atom. The number of amides is 1. The van der Waals surface area contributed by atoms with E-state index in [2.05, 4.69) is 4.98 Å². The van der Waals surface area contributed by atoms with Gasteiger partial charge in [0.15, 0.2) is 17.8 Å². The Balaban J connectivity index is 1.70. The monoisotopic (exact) mass is 316 g/mol. The number of hydrogen-bond acceptors (Lipinski definition) is 5. The maximum Gasteiger partial charge on any atom is 0.410 e. The van der Waals surface area contributed by atoms with Crippen LogP contribution in [0.2, 0.25) is 0 Å². The molecule has 120 valence electrons. The highest BCUT2D eigenvalue weighted by atomic mass is 16.6. The van der Waals surface area contributed by atoms with Gasteiger partial charge in [0.25, 0.3) is 0 Å². The predicted molar refractivity (Wildman–Crippen MR) is 78.8 cm³/mol. The predicted octanol–water partition coefficient (Wildman–Crippen LogP) is 2.85. The molecule has 1 amide bonds. The van der Waals surface area contributed by atoms with Crippen molar-refractivity contribution in [2.45, 2.75) is 25.5 Å². The molecule has 7 nitrogen and oxygen atoms in total. The third kappa shape index (κ3) is 3.18. The van der Waals surface area contributed by atoms with E-state index < -0.39 is 18.1 Å².